The number of aryl methyl sites for hydroxylation is 1. The molecule has 0 saturated heterocycles. The van der Waals surface area contributed by atoms with Crippen LogP contribution in [0, 0.1) is 6.92 Å². The van der Waals surface area contributed by atoms with E-state index in [4.69, 9.17) is 0 Å². The average molecular weight is 149 g/mol. The third-order valence-electron chi connectivity index (χ3n) is 1.40. The predicted octanol–water partition coefficient (Wildman–Crippen LogP) is 1.47. The molecular formula is C8H11N3. The van der Waals surface area contributed by atoms with Gasteiger partial charge in [-0.1, -0.05) is 6.58 Å². The molecule has 1 N–H and O–H groups in total. The van der Waals surface area contributed by atoms with E-state index in [0.29, 0.717) is 0 Å². The fraction of sp³-hybridized carbons (Fsp3) is 0.250. The highest BCUT2D eigenvalue weighted by Crippen LogP contribution is 2.11. The van der Waals surface area contributed by atoms with Crippen LogP contribution in [0.1, 0.15) is 11.5 Å². The minimum atomic E-state index is 0.763. The van der Waals surface area contributed by atoms with Crippen molar-refractivity contribution >= 4 is 11.8 Å². The van der Waals surface area contributed by atoms with Crippen molar-refractivity contribution in [1.29, 1.82) is 0 Å². The van der Waals surface area contributed by atoms with Crippen molar-refractivity contribution in [2.24, 2.45) is 0 Å². The van der Waals surface area contributed by atoms with Crippen molar-refractivity contribution in [2.45, 2.75) is 6.92 Å². The summed E-state index contributed by atoms with van der Waals surface area (Å²) in [6.07, 6.45) is 3.46. The number of aromatic nitrogens is 2. The first-order valence-electron chi connectivity index (χ1n) is 3.41. The lowest BCUT2D eigenvalue weighted by molar-refractivity contribution is 1.04. The number of anilines is 1. The van der Waals surface area contributed by atoms with Gasteiger partial charge in [0.2, 0.25) is 0 Å². The maximum Gasteiger partial charge on any atom is 0.126 e. The Morgan fingerprint density at radius 1 is 1.64 bits per heavy atom. The quantitative estimate of drug-likeness (QED) is 0.692. The van der Waals surface area contributed by atoms with E-state index >= 15 is 0 Å². The minimum absolute atomic E-state index is 0.763. The lowest BCUT2D eigenvalue weighted by atomic mass is 10.3. The molecule has 1 rings (SSSR count). The SMILES string of the molecule is C=Cc1nc(C)ncc1NC. The van der Waals surface area contributed by atoms with Crippen LogP contribution in [0.5, 0.6) is 0 Å². The van der Waals surface area contributed by atoms with Crippen molar-refractivity contribution in [2.75, 3.05) is 12.4 Å². The maximum absolute atomic E-state index is 4.17. The molecule has 0 amide bonds. The number of nitrogens with one attached hydrogen (secondary N) is 1. The Bertz CT molecular complexity index is 268. The Labute approximate surface area is 66.2 Å². The van der Waals surface area contributed by atoms with Crippen molar-refractivity contribution in [1.82, 2.24) is 9.97 Å². The van der Waals surface area contributed by atoms with Gasteiger partial charge in [0.1, 0.15) is 5.82 Å². The molecule has 0 saturated carbocycles. The van der Waals surface area contributed by atoms with Gasteiger partial charge in [-0.2, -0.15) is 0 Å². The molecular weight excluding hydrogens is 138 g/mol. The highest BCUT2D eigenvalue weighted by molar-refractivity contribution is 5.60. The van der Waals surface area contributed by atoms with E-state index in [1.165, 1.54) is 0 Å². The van der Waals surface area contributed by atoms with Gasteiger partial charge in [0.25, 0.3) is 0 Å². The summed E-state index contributed by atoms with van der Waals surface area (Å²) in [7, 11) is 1.83. The van der Waals surface area contributed by atoms with Crippen LogP contribution in [0.2, 0.25) is 0 Å². The van der Waals surface area contributed by atoms with E-state index in [1.807, 2.05) is 14.0 Å². The van der Waals surface area contributed by atoms with Crippen LogP contribution in [-0.2, 0) is 0 Å². The van der Waals surface area contributed by atoms with Gasteiger partial charge in [0.05, 0.1) is 17.6 Å². The fourth-order valence-corrected chi connectivity index (χ4v) is 0.836. The average Bonchev–Trinajstić information content (AvgIpc) is 2.04. The molecule has 0 unspecified atom stereocenters. The van der Waals surface area contributed by atoms with Crippen LogP contribution in [-0.4, -0.2) is 17.0 Å². The lowest BCUT2D eigenvalue weighted by Gasteiger charge is -2.02. The second-order valence-corrected chi connectivity index (χ2v) is 2.17. The van der Waals surface area contributed by atoms with Gasteiger partial charge in [0.15, 0.2) is 0 Å². The Balaban J connectivity index is 3.16. The summed E-state index contributed by atoms with van der Waals surface area (Å²) in [6, 6.07) is 0. The van der Waals surface area contributed by atoms with Crippen molar-refractivity contribution in [3.63, 3.8) is 0 Å². The second kappa shape index (κ2) is 3.14. The number of rotatable bonds is 2. The van der Waals surface area contributed by atoms with Gasteiger partial charge < -0.3 is 5.32 Å². The molecule has 1 aromatic rings. The standard InChI is InChI=1S/C8H11N3/c1-4-7-8(9-3)5-10-6(2)11-7/h4-5,9H,1H2,2-3H3. The summed E-state index contributed by atoms with van der Waals surface area (Å²) in [5.41, 5.74) is 1.76. The zero-order chi connectivity index (χ0) is 8.27. The van der Waals surface area contributed by atoms with E-state index in [-0.39, 0.29) is 0 Å². The van der Waals surface area contributed by atoms with E-state index in [1.54, 1.807) is 12.3 Å². The van der Waals surface area contributed by atoms with Crippen LogP contribution in [0.4, 0.5) is 5.69 Å². The Kier molecular flexibility index (Phi) is 2.21. The number of nitrogens with zero attached hydrogens (tertiary/aromatic N) is 2. The van der Waals surface area contributed by atoms with Gasteiger partial charge in [-0.05, 0) is 13.0 Å². The second-order valence-electron chi connectivity index (χ2n) is 2.17. The summed E-state index contributed by atoms with van der Waals surface area (Å²) >= 11 is 0. The predicted molar refractivity (Wildman–Crippen MR) is 46.4 cm³/mol. The van der Waals surface area contributed by atoms with Crippen molar-refractivity contribution in [3.05, 3.63) is 24.3 Å². The Morgan fingerprint density at radius 3 is 2.91 bits per heavy atom. The molecule has 58 valence electrons. The monoisotopic (exact) mass is 149 g/mol. The van der Waals surface area contributed by atoms with E-state index in [2.05, 4.69) is 21.9 Å². The van der Waals surface area contributed by atoms with Gasteiger partial charge in [-0.25, -0.2) is 9.97 Å². The molecule has 0 aromatic carbocycles. The van der Waals surface area contributed by atoms with Gasteiger partial charge >= 0.3 is 0 Å². The summed E-state index contributed by atoms with van der Waals surface area (Å²) in [6.45, 7) is 5.50. The Morgan fingerprint density at radius 2 is 2.36 bits per heavy atom. The molecule has 0 spiro atoms. The first kappa shape index (κ1) is 7.72. The molecule has 3 heteroatoms. The lowest BCUT2D eigenvalue weighted by Crippen LogP contribution is -1.97. The molecule has 0 aliphatic carbocycles. The van der Waals surface area contributed by atoms with Gasteiger partial charge in [0, 0.05) is 7.05 Å². The van der Waals surface area contributed by atoms with E-state index < -0.39 is 0 Å². The molecule has 0 aliphatic heterocycles. The zero-order valence-corrected chi connectivity index (χ0v) is 6.76. The highest BCUT2D eigenvalue weighted by Gasteiger charge is 1.97. The molecule has 3 nitrogen and oxygen atoms in total. The molecule has 0 fully saturated rings. The summed E-state index contributed by atoms with van der Waals surface area (Å²) in [5, 5.41) is 2.98. The summed E-state index contributed by atoms with van der Waals surface area (Å²) < 4.78 is 0. The van der Waals surface area contributed by atoms with Gasteiger partial charge in [-0.15, -0.1) is 0 Å². The third kappa shape index (κ3) is 1.55. The fourth-order valence-electron chi connectivity index (χ4n) is 0.836. The van der Waals surface area contributed by atoms with Crippen LogP contribution >= 0.6 is 0 Å². The Hall–Kier alpha value is -1.38. The smallest absolute Gasteiger partial charge is 0.126 e. The van der Waals surface area contributed by atoms with Crippen molar-refractivity contribution < 1.29 is 0 Å². The summed E-state index contributed by atoms with van der Waals surface area (Å²) in [5.74, 6) is 0.763. The van der Waals surface area contributed by atoms with Gasteiger partial charge in [-0.3, -0.25) is 0 Å². The van der Waals surface area contributed by atoms with E-state index in [9.17, 15) is 0 Å². The minimum Gasteiger partial charge on any atom is -0.385 e. The highest BCUT2D eigenvalue weighted by atomic mass is 14.9. The molecule has 0 bridgehead atoms. The molecule has 11 heavy (non-hydrogen) atoms. The topological polar surface area (TPSA) is 37.8 Å². The number of hydrogen-bond acceptors (Lipinski definition) is 3. The van der Waals surface area contributed by atoms with Crippen LogP contribution in [0.25, 0.3) is 6.08 Å². The third-order valence-corrected chi connectivity index (χ3v) is 1.40. The van der Waals surface area contributed by atoms with Crippen LogP contribution < -0.4 is 5.32 Å². The molecule has 1 aromatic heterocycles. The van der Waals surface area contributed by atoms with Crippen molar-refractivity contribution in [3.8, 4) is 0 Å². The van der Waals surface area contributed by atoms with Crippen LogP contribution in [0.3, 0.4) is 0 Å². The largest absolute Gasteiger partial charge is 0.385 e. The van der Waals surface area contributed by atoms with E-state index in [0.717, 1.165) is 17.2 Å². The normalized spacial score (nSPS) is 9.27. The molecule has 0 radical (unpaired) electrons. The molecule has 0 aliphatic rings. The molecule has 0 atom stereocenters. The maximum atomic E-state index is 4.17. The summed E-state index contributed by atoms with van der Waals surface area (Å²) in [4.78, 5) is 8.21. The first-order valence-corrected chi connectivity index (χ1v) is 3.41. The molecule has 1 heterocycles. The van der Waals surface area contributed by atoms with Crippen LogP contribution in [0.15, 0.2) is 12.8 Å². The first-order chi connectivity index (χ1) is 5.27. The number of hydrogen-bond donors (Lipinski definition) is 1. The zero-order valence-electron chi connectivity index (χ0n) is 6.76.